The first-order valence-corrected chi connectivity index (χ1v) is 6.27. The molecule has 0 saturated carbocycles. The van der Waals surface area contributed by atoms with E-state index in [0.717, 1.165) is 18.8 Å². The van der Waals surface area contributed by atoms with Crippen LogP contribution < -0.4 is 5.32 Å². The molecule has 6 heteroatoms. The normalized spacial score (nSPS) is 20.9. The van der Waals surface area contributed by atoms with Gasteiger partial charge in [-0.3, -0.25) is 9.69 Å². The summed E-state index contributed by atoms with van der Waals surface area (Å²) in [7, 11) is 1.91. The molecule has 6 nitrogen and oxygen atoms in total. The minimum atomic E-state index is -0.174. The number of ether oxygens (including phenoxy) is 1. The Hall–Kier alpha value is -1.40. The van der Waals surface area contributed by atoms with E-state index in [9.17, 15) is 4.79 Å². The second-order valence-electron chi connectivity index (χ2n) is 4.47. The Morgan fingerprint density at radius 2 is 2.50 bits per heavy atom. The van der Waals surface area contributed by atoms with Crippen molar-refractivity contribution in [2.24, 2.45) is 7.05 Å². The van der Waals surface area contributed by atoms with Gasteiger partial charge in [0.15, 0.2) is 0 Å². The number of hydrogen-bond acceptors (Lipinski definition) is 4. The van der Waals surface area contributed by atoms with E-state index in [0.29, 0.717) is 19.8 Å². The summed E-state index contributed by atoms with van der Waals surface area (Å²) in [6.07, 6.45) is 3.62. The molecule has 1 aliphatic heterocycles. The summed E-state index contributed by atoms with van der Waals surface area (Å²) in [6.45, 7) is 5.39. The van der Waals surface area contributed by atoms with Gasteiger partial charge in [0.25, 0.3) is 0 Å². The summed E-state index contributed by atoms with van der Waals surface area (Å²) in [5.41, 5.74) is 0.866. The molecule has 18 heavy (non-hydrogen) atoms. The average molecular weight is 252 g/mol. The number of morpholine rings is 1. The number of imidazole rings is 1. The minimum absolute atomic E-state index is 0.0159. The van der Waals surface area contributed by atoms with Crippen molar-refractivity contribution in [3.05, 3.63) is 18.2 Å². The lowest BCUT2D eigenvalue weighted by Crippen LogP contribution is -2.53. The molecule has 1 N–H and O–H groups in total. The number of aryl methyl sites for hydroxylation is 1. The molecule has 1 atom stereocenters. The fourth-order valence-corrected chi connectivity index (χ4v) is 2.11. The van der Waals surface area contributed by atoms with Crippen molar-refractivity contribution in [2.45, 2.75) is 19.5 Å². The van der Waals surface area contributed by atoms with Gasteiger partial charge in [0, 0.05) is 19.8 Å². The van der Waals surface area contributed by atoms with Gasteiger partial charge in [-0.15, -0.1) is 0 Å². The highest BCUT2D eigenvalue weighted by atomic mass is 16.5. The van der Waals surface area contributed by atoms with Gasteiger partial charge in [0.1, 0.15) is 6.04 Å². The molecule has 1 fully saturated rings. The van der Waals surface area contributed by atoms with Gasteiger partial charge >= 0.3 is 0 Å². The number of nitrogens with zero attached hydrogens (tertiary/aromatic N) is 3. The molecule has 2 rings (SSSR count). The molecule has 0 spiro atoms. The zero-order chi connectivity index (χ0) is 13.0. The smallest absolute Gasteiger partial charge is 0.240 e. The molecule has 0 radical (unpaired) electrons. The van der Waals surface area contributed by atoms with Crippen molar-refractivity contribution >= 4 is 5.91 Å². The van der Waals surface area contributed by atoms with Crippen molar-refractivity contribution in [2.75, 3.05) is 26.3 Å². The molecule has 0 aliphatic carbocycles. The van der Waals surface area contributed by atoms with E-state index in [4.69, 9.17) is 4.74 Å². The van der Waals surface area contributed by atoms with Crippen molar-refractivity contribution in [1.29, 1.82) is 0 Å². The van der Waals surface area contributed by atoms with Crippen molar-refractivity contribution < 1.29 is 9.53 Å². The van der Waals surface area contributed by atoms with Gasteiger partial charge in [-0.25, -0.2) is 4.98 Å². The lowest BCUT2D eigenvalue weighted by molar-refractivity contribution is -0.132. The van der Waals surface area contributed by atoms with Crippen LogP contribution in [0.25, 0.3) is 0 Å². The topological polar surface area (TPSA) is 59.4 Å². The monoisotopic (exact) mass is 252 g/mol. The number of nitrogens with one attached hydrogen (secondary N) is 1. The van der Waals surface area contributed by atoms with E-state index in [1.807, 2.05) is 17.8 Å². The quantitative estimate of drug-likeness (QED) is 0.803. The summed E-state index contributed by atoms with van der Waals surface area (Å²) >= 11 is 0. The second-order valence-corrected chi connectivity index (χ2v) is 4.47. The standard InChI is InChI=1S/C12H20N4O2/c1-3-16-4-5-18-8-11(16)12(17)13-6-10-7-15(2)9-14-10/h7,9,11H,3-6,8H2,1-2H3,(H,13,17). The van der Waals surface area contributed by atoms with E-state index >= 15 is 0 Å². The fourth-order valence-electron chi connectivity index (χ4n) is 2.11. The molecule has 1 aromatic rings. The highest BCUT2D eigenvalue weighted by Crippen LogP contribution is 2.06. The highest BCUT2D eigenvalue weighted by molar-refractivity contribution is 5.81. The first-order chi connectivity index (χ1) is 8.70. The van der Waals surface area contributed by atoms with Gasteiger partial charge in [-0.05, 0) is 6.54 Å². The molecule has 100 valence electrons. The summed E-state index contributed by atoms with van der Waals surface area (Å²) < 4.78 is 7.23. The van der Waals surface area contributed by atoms with Crippen LogP contribution in [0.4, 0.5) is 0 Å². The SMILES string of the molecule is CCN1CCOCC1C(=O)NCc1cn(C)cn1. The molecule has 1 saturated heterocycles. The van der Waals surface area contributed by atoms with Crippen LogP contribution in [0.1, 0.15) is 12.6 Å². The zero-order valence-electron chi connectivity index (χ0n) is 10.9. The Kier molecular flexibility index (Phi) is 4.33. The lowest BCUT2D eigenvalue weighted by atomic mass is 10.2. The third kappa shape index (κ3) is 3.08. The molecule has 1 unspecified atom stereocenters. The molecular formula is C12H20N4O2. The average Bonchev–Trinajstić information content (AvgIpc) is 2.81. The van der Waals surface area contributed by atoms with Gasteiger partial charge < -0.3 is 14.6 Å². The van der Waals surface area contributed by atoms with Crippen molar-refractivity contribution in [3.8, 4) is 0 Å². The molecule has 0 bridgehead atoms. The van der Waals surface area contributed by atoms with Crippen LogP contribution in [0.2, 0.25) is 0 Å². The van der Waals surface area contributed by atoms with Gasteiger partial charge in [0.2, 0.25) is 5.91 Å². The highest BCUT2D eigenvalue weighted by Gasteiger charge is 2.27. The maximum Gasteiger partial charge on any atom is 0.240 e. The van der Waals surface area contributed by atoms with Crippen LogP contribution in [-0.4, -0.2) is 52.7 Å². The molecule has 2 heterocycles. The number of aromatic nitrogens is 2. The summed E-state index contributed by atoms with van der Waals surface area (Å²) in [5.74, 6) is 0.0159. The van der Waals surface area contributed by atoms with Crippen molar-refractivity contribution in [3.63, 3.8) is 0 Å². The number of carbonyl (C=O) groups is 1. The summed E-state index contributed by atoms with van der Waals surface area (Å²) in [5, 5.41) is 2.91. The Bertz CT molecular complexity index is 405. The van der Waals surface area contributed by atoms with Crippen LogP contribution in [0, 0.1) is 0 Å². The Balaban J connectivity index is 1.86. The largest absolute Gasteiger partial charge is 0.378 e. The number of carbonyl (C=O) groups excluding carboxylic acids is 1. The van der Waals surface area contributed by atoms with E-state index < -0.39 is 0 Å². The molecule has 1 amide bonds. The predicted molar refractivity (Wildman–Crippen MR) is 66.9 cm³/mol. The van der Waals surface area contributed by atoms with Crippen LogP contribution in [0.15, 0.2) is 12.5 Å². The van der Waals surface area contributed by atoms with Gasteiger partial charge in [0.05, 0.1) is 31.8 Å². The van der Waals surface area contributed by atoms with Gasteiger partial charge in [-0.1, -0.05) is 6.92 Å². The lowest BCUT2D eigenvalue weighted by Gasteiger charge is -2.33. The molecular weight excluding hydrogens is 232 g/mol. The van der Waals surface area contributed by atoms with Crippen LogP contribution in [0.3, 0.4) is 0 Å². The second kappa shape index (κ2) is 5.97. The van der Waals surface area contributed by atoms with Crippen LogP contribution >= 0.6 is 0 Å². The van der Waals surface area contributed by atoms with Crippen LogP contribution in [-0.2, 0) is 23.1 Å². The zero-order valence-corrected chi connectivity index (χ0v) is 10.9. The summed E-state index contributed by atoms with van der Waals surface area (Å²) in [6, 6.07) is -0.174. The van der Waals surface area contributed by atoms with E-state index in [-0.39, 0.29) is 11.9 Å². The minimum Gasteiger partial charge on any atom is -0.378 e. The van der Waals surface area contributed by atoms with E-state index in [2.05, 4.69) is 22.1 Å². The number of hydrogen-bond donors (Lipinski definition) is 1. The first-order valence-electron chi connectivity index (χ1n) is 6.27. The predicted octanol–water partition coefficient (Wildman–Crippen LogP) is -0.243. The van der Waals surface area contributed by atoms with E-state index in [1.165, 1.54) is 0 Å². The van der Waals surface area contributed by atoms with Crippen molar-refractivity contribution in [1.82, 2.24) is 19.8 Å². The Labute approximate surface area is 107 Å². The third-order valence-corrected chi connectivity index (χ3v) is 3.15. The number of rotatable bonds is 4. The maximum absolute atomic E-state index is 12.1. The maximum atomic E-state index is 12.1. The Morgan fingerprint density at radius 3 is 3.17 bits per heavy atom. The van der Waals surface area contributed by atoms with Crippen LogP contribution in [0.5, 0.6) is 0 Å². The molecule has 1 aliphatic rings. The first kappa shape index (κ1) is 13.0. The summed E-state index contributed by atoms with van der Waals surface area (Å²) in [4.78, 5) is 18.4. The fraction of sp³-hybridized carbons (Fsp3) is 0.667. The molecule has 0 aromatic carbocycles. The van der Waals surface area contributed by atoms with E-state index in [1.54, 1.807) is 6.33 Å². The third-order valence-electron chi connectivity index (χ3n) is 3.15. The van der Waals surface area contributed by atoms with Gasteiger partial charge in [-0.2, -0.15) is 0 Å². The number of amides is 1. The molecule has 1 aromatic heterocycles. The number of likely N-dealkylation sites (N-methyl/N-ethyl adjacent to an activating group) is 1. The Morgan fingerprint density at radius 1 is 1.67 bits per heavy atom.